The Kier molecular flexibility index (Phi) is 4.06. The highest BCUT2D eigenvalue weighted by atomic mass is 35.5. The van der Waals surface area contributed by atoms with E-state index in [0.29, 0.717) is 6.54 Å². The molecule has 0 saturated carbocycles. The molecule has 3 heteroatoms. The van der Waals surface area contributed by atoms with E-state index in [1.165, 1.54) is 5.56 Å². The second-order valence-electron chi connectivity index (χ2n) is 3.05. The molecule has 1 rings (SSSR count). The van der Waals surface area contributed by atoms with Crippen LogP contribution in [0.1, 0.15) is 12.0 Å². The third-order valence-corrected chi connectivity index (χ3v) is 2.13. The molecule has 13 heavy (non-hydrogen) atoms. The molecule has 0 radical (unpaired) electrons. The van der Waals surface area contributed by atoms with Crippen molar-refractivity contribution in [2.45, 2.75) is 13.3 Å². The van der Waals surface area contributed by atoms with Crippen molar-refractivity contribution in [1.29, 1.82) is 0 Å². The van der Waals surface area contributed by atoms with Crippen molar-refractivity contribution in [1.82, 2.24) is 0 Å². The largest absolute Gasteiger partial charge is 0.384 e. The third-order valence-electron chi connectivity index (χ3n) is 1.82. The van der Waals surface area contributed by atoms with E-state index in [9.17, 15) is 0 Å². The Balaban J connectivity index is 2.56. The van der Waals surface area contributed by atoms with Crippen molar-refractivity contribution in [2.24, 2.45) is 5.73 Å². The van der Waals surface area contributed by atoms with Gasteiger partial charge in [0.05, 0.1) is 10.7 Å². The van der Waals surface area contributed by atoms with E-state index in [-0.39, 0.29) is 0 Å². The Labute approximate surface area is 84.1 Å². The summed E-state index contributed by atoms with van der Waals surface area (Å²) in [6.45, 7) is 3.60. The minimum atomic E-state index is 0.705. The number of aryl methyl sites for hydroxylation is 1. The first-order chi connectivity index (χ1) is 6.24. The molecule has 0 spiro atoms. The Morgan fingerprint density at radius 2 is 2.23 bits per heavy atom. The molecule has 0 aliphatic rings. The van der Waals surface area contributed by atoms with Crippen LogP contribution in [0.5, 0.6) is 0 Å². The van der Waals surface area contributed by atoms with E-state index in [0.717, 1.165) is 23.7 Å². The lowest BCUT2D eigenvalue weighted by Gasteiger charge is -2.07. The molecule has 0 unspecified atom stereocenters. The highest BCUT2D eigenvalue weighted by Gasteiger charge is 1.98. The van der Waals surface area contributed by atoms with E-state index in [1.807, 2.05) is 25.1 Å². The standard InChI is InChI=1S/C10H15ClN2/c1-8-3-4-10(9(11)7-8)13-6-2-5-12/h3-4,7,13H,2,5-6,12H2,1H3. The van der Waals surface area contributed by atoms with E-state index in [2.05, 4.69) is 5.32 Å². The summed E-state index contributed by atoms with van der Waals surface area (Å²) in [5, 5.41) is 4.00. The molecular formula is C10H15ClN2. The quantitative estimate of drug-likeness (QED) is 0.730. The topological polar surface area (TPSA) is 38.0 Å². The molecule has 72 valence electrons. The van der Waals surface area contributed by atoms with Gasteiger partial charge in [-0.15, -0.1) is 0 Å². The first-order valence-corrected chi connectivity index (χ1v) is 4.82. The molecule has 0 amide bonds. The maximum absolute atomic E-state index is 6.01. The van der Waals surface area contributed by atoms with Crippen molar-refractivity contribution in [2.75, 3.05) is 18.4 Å². The van der Waals surface area contributed by atoms with Crippen molar-refractivity contribution >= 4 is 17.3 Å². The zero-order valence-corrected chi connectivity index (χ0v) is 8.56. The third kappa shape index (κ3) is 3.25. The summed E-state index contributed by atoms with van der Waals surface area (Å²) >= 11 is 6.01. The van der Waals surface area contributed by atoms with Gasteiger partial charge in [-0.3, -0.25) is 0 Å². The molecule has 0 fully saturated rings. The van der Waals surface area contributed by atoms with Crippen LogP contribution in [0.25, 0.3) is 0 Å². The average Bonchev–Trinajstić information content (AvgIpc) is 2.09. The van der Waals surface area contributed by atoms with Gasteiger partial charge >= 0.3 is 0 Å². The molecule has 0 aliphatic carbocycles. The van der Waals surface area contributed by atoms with Gasteiger partial charge in [0.2, 0.25) is 0 Å². The van der Waals surface area contributed by atoms with Crippen LogP contribution < -0.4 is 11.1 Å². The normalized spacial score (nSPS) is 10.1. The number of nitrogens with one attached hydrogen (secondary N) is 1. The fourth-order valence-corrected chi connectivity index (χ4v) is 1.39. The lowest BCUT2D eigenvalue weighted by atomic mass is 10.2. The number of hydrogen-bond acceptors (Lipinski definition) is 2. The second-order valence-corrected chi connectivity index (χ2v) is 3.46. The highest BCUT2D eigenvalue weighted by molar-refractivity contribution is 6.33. The highest BCUT2D eigenvalue weighted by Crippen LogP contribution is 2.22. The SMILES string of the molecule is Cc1ccc(NCCCN)c(Cl)c1. The second kappa shape index (κ2) is 5.10. The molecule has 3 N–H and O–H groups in total. The van der Waals surface area contributed by atoms with Gasteiger partial charge in [0, 0.05) is 6.54 Å². The van der Waals surface area contributed by atoms with Crippen LogP contribution in [-0.4, -0.2) is 13.1 Å². The summed E-state index contributed by atoms with van der Waals surface area (Å²) < 4.78 is 0. The molecular weight excluding hydrogens is 184 g/mol. The summed E-state index contributed by atoms with van der Waals surface area (Å²) in [6, 6.07) is 5.98. The maximum Gasteiger partial charge on any atom is 0.0640 e. The first kappa shape index (κ1) is 10.4. The summed E-state index contributed by atoms with van der Waals surface area (Å²) in [5.41, 5.74) is 7.54. The minimum Gasteiger partial charge on any atom is -0.384 e. The molecule has 1 aromatic rings. The van der Waals surface area contributed by atoms with Gasteiger partial charge in [0.25, 0.3) is 0 Å². The van der Waals surface area contributed by atoms with Gasteiger partial charge in [0.1, 0.15) is 0 Å². The van der Waals surface area contributed by atoms with Crippen LogP contribution in [0, 0.1) is 6.92 Å². The summed E-state index contributed by atoms with van der Waals surface area (Å²) in [5.74, 6) is 0. The predicted octanol–water partition coefficient (Wildman–Crippen LogP) is 2.41. The smallest absolute Gasteiger partial charge is 0.0640 e. The summed E-state index contributed by atoms with van der Waals surface area (Å²) in [4.78, 5) is 0. The molecule has 0 saturated heterocycles. The predicted molar refractivity (Wildman–Crippen MR) is 58.4 cm³/mol. The van der Waals surface area contributed by atoms with Gasteiger partial charge < -0.3 is 11.1 Å². The number of halogens is 1. The van der Waals surface area contributed by atoms with Crippen LogP contribution in [0.15, 0.2) is 18.2 Å². The van der Waals surface area contributed by atoms with Crippen molar-refractivity contribution in [3.63, 3.8) is 0 Å². The van der Waals surface area contributed by atoms with Crippen molar-refractivity contribution in [3.8, 4) is 0 Å². The van der Waals surface area contributed by atoms with Gasteiger partial charge in [-0.1, -0.05) is 17.7 Å². The number of nitrogens with two attached hydrogens (primary N) is 1. The minimum absolute atomic E-state index is 0.705. The number of benzene rings is 1. The first-order valence-electron chi connectivity index (χ1n) is 4.44. The zero-order chi connectivity index (χ0) is 9.68. The fourth-order valence-electron chi connectivity index (χ4n) is 1.09. The van der Waals surface area contributed by atoms with Crippen molar-refractivity contribution < 1.29 is 0 Å². The number of hydrogen-bond donors (Lipinski definition) is 2. The Morgan fingerprint density at radius 3 is 2.85 bits per heavy atom. The van der Waals surface area contributed by atoms with Crippen LogP contribution in [-0.2, 0) is 0 Å². The Hall–Kier alpha value is -0.730. The Morgan fingerprint density at radius 1 is 1.46 bits per heavy atom. The summed E-state index contributed by atoms with van der Waals surface area (Å²) in [6.07, 6.45) is 0.963. The van der Waals surface area contributed by atoms with E-state index < -0.39 is 0 Å². The van der Waals surface area contributed by atoms with E-state index in [1.54, 1.807) is 0 Å². The van der Waals surface area contributed by atoms with E-state index >= 15 is 0 Å². The molecule has 0 aliphatic heterocycles. The molecule has 2 nitrogen and oxygen atoms in total. The molecule has 1 aromatic carbocycles. The molecule has 0 aromatic heterocycles. The van der Waals surface area contributed by atoms with Gasteiger partial charge in [0.15, 0.2) is 0 Å². The summed E-state index contributed by atoms with van der Waals surface area (Å²) in [7, 11) is 0. The molecule has 0 heterocycles. The monoisotopic (exact) mass is 198 g/mol. The Bertz CT molecular complexity index is 274. The molecule has 0 atom stereocenters. The lowest BCUT2D eigenvalue weighted by molar-refractivity contribution is 0.874. The fraction of sp³-hybridized carbons (Fsp3) is 0.400. The van der Waals surface area contributed by atoms with Gasteiger partial charge in [-0.25, -0.2) is 0 Å². The maximum atomic E-state index is 6.01. The van der Waals surface area contributed by atoms with Crippen molar-refractivity contribution in [3.05, 3.63) is 28.8 Å². The van der Waals surface area contributed by atoms with Crippen LogP contribution >= 0.6 is 11.6 Å². The number of anilines is 1. The van der Waals surface area contributed by atoms with Crippen LogP contribution in [0.2, 0.25) is 5.02 Å². The van der Waals surface area contributed by atoms with Crippen LogP contribution in [0.3, 0.4) is 0 Å². The average molecular weight is 199 g/mol. The van der Waals surface area contributed by atoms with Crippen LogP contribution in [0.4, 0.5) is 5.69 Å². The number of rotatable bonds is 4. The molecule has 0 bridgehead atoms. The zero-order valence-electron chi connectivity index (χ0n) is 7.81. The van der Waals surface area contributed by atoms with Gasteiger partial charge in [-0.2, -0.15) is 0 Å². The van der Waals surface area contributed by atoms with Gasteiger partial charge in [-0.05, 0) is 37.6 Å². The van der Waals surface area contributed by atoms with E-state index in [4.69, 9.17) is 17.3 Å². The lowest BCUT2D eigenvalue weighted by Crippen LogP contribution is -2.08.